The maximum atomic E-state index is 13.1. The molecule has 150 valence electrons. The van der Waals surface area contributed by atoms with E-state index in [4.69, 9.17) is 4.74 Å². The molecular formula is C18H17F3N2O4S. The van der Waals surface area contributed by atoms with Gasteiger partial charge >= 0.3 is 6.18 Å². The van der Waals surface area contributed by atoms with E-state index in [2.05, 4.69) is 5.32 Å². The zero-order chi connectivity index (χ0) is 20.5. The van der Waals surface area contributed by atoms with Crippen molar-refractivity contribution in [3.8, 4) is 5.75 Å². The Morgan fingerprint density at radius 1 is 1.18 bits per heavy atom. The van der Waals surface area contributed by atoms with E-state index in [0.29, 0.717) is 0 Å². The molecule has 1 amide bonds. The first-order chi connectivity index (χ1) is 13.1. The van der Waals surface area contributed by atoms with Crippen molar-refractivity contribution in [3.63, 3.8) is 0 Å². The highest BCUT2D eigenvalue weighted by Gasteiger charge is 2.38. The number of carbonyl (C=O) groups excluding carboxylic acids is 1. The summed E-state index contributed by atoms with van der Waals surface area (Å²) in [4.78, 5) is 12.6. The van der Waals surface area contributed by atoms with Gasteiger partial charge in [-0.3, -0.25) is 9.10 Å². The third kappa shape index (κ3) is 3.91. The number of hydrogen-bond donors (Lipinski definition) is 1. The van der Waals surface area contributed by atoms with Crippen molar-refractivity contribution in [2.24, 2.45) is 0 Å². The summed E-state index contributed by atoms with van der Waals surface area (Å²) >= 11 is 0. The highest BCUT2D eigenvalue weighted by atomic mass is 32.2. The molecule has 1 aliphatic rings. The third-order valence-corrected chi connectivity index (χ3v) is 5.97. The first-order valence-corrected chi connectivity index (χ1v) is 9.97. The number of nitrogens with one attached hydrogen (secondary N) is 1. The van der Waals surface area contributed by atoms with Crippen molar-refractivity contribution in [1.29, 1.82) is 0 Å². The number of ether oxygens (including phenoxy) is 1. The molecule has 0 saturated carbocycles. The fraction of sp³-hybridized carbons (Fsp3) is 0.278. The molecule has 0 spiro atoms. The van der Waals surface area contributed by atoms with Gasteiger partial charge in [0.2, 0.25) is 10.0 Å². The predicted octanol–water partition coefficient (Wildman–Crippen LogP) is 3.26. The summed E-state index contributed by atoms with van der Waals surface area (Å²) < 4.78 is 70.8. The molecule has 0 unspecified atom stereocenters. The van der Waals surface area contributed by atoms with E-state index >= 15 is 0 Å². The van der Waals surface area contributed by atoms with Gasteiger partial charge < -0.3 is 10.1 Å². The van der Waals surface area contributed by atoms with Gasteiger partial charge in [0.05, 0.1) is 29.2 Å². The number of rotatable bonds is 4. The van der Waals surface area contributed by atoms with Crippen LogP contribution in [0.1, 0.15) is 12.5 Å². The molecule has 0 aliphatic carbocycles. The molecule has 0 bridgehead atoms. The quantitative estimate of drug-likeness (QED) is 0.833. The normalized spacial score (nSPS) is 16.9. The number of nitrogens with zero attached hydrogens (tertiary/aromatic N) is 1. The molecule has 0 fully saturated rings. The molecule has 0 radical (unpaired) electrons. The van der Waals surface area contributed by atoms with Crippen molar-refractivity contribution >= 4 is 27.3 Å². The lowest BCUT2D eigenvalue weighted by Gasteiger charge is -2.34. The molecule has 3 rings (SSSR count). The van der Waals surface area contributed by atoms with Crippen LogP contribution in [-0.4, -0.2) is 32.7 Å². The second-order valence-electron chi connectivity index (χ2n) is 6.04. The Hall–Kier alpha value is -2.75. The number of benzene rings is 2. The van der Waals surface area contributed by atoms with Crippen molar-refractivity contribution in [3.05, 3.63) is 54.1 Å². The van der Waals surface area contributed by atoms with Crippen molar-refractivity contribution < 1.29 is 31.1 Å². The largest absolute Gasteiger partial charge is 0.476 e. The first kappa shape index (κ1) is 20.0. The Morgan fingerprint density at radius 2 is 1.82 bits per heavy atom. The lowest BCUT2D eigenvalue weighted by molar-refractivity contribution is -0.137. The summed E-state index contributed by atoms with van der Waals surface area (Å²) in [5, 5.41) is 2.20. The number of anilines is 2. The van der Waals surface area contributed by atoms with Gasteiger partial charge in [0, 0.05) is 0 Å². The first-order valence-electron chi connectivity index (χ1n) is 8.36. The van der Waals surface area contributed by atoms with Gasteiger partial charge in [-0.25, -0.2) is 8.42 Å². The average Bonchev–Trinajstić information content (AvgIpc) is 2.66. The Kier molecular flexibility index (Phi) is 5.24. The van der Waals surface area contributed by atoms with Gasteiger partial charge in [0.15, 0.2) is 6.10 Å². The van der Waals surface area contributed by atoms with Crippen molar-refractivity contribution in [2.45, 2.75) is 19.2 Å². The van der Waals surface area contributed by atoms with Crippen LogP contribution in [0.2, 0.25) is 0 Å². The van der Waals surface area contributed by atoms with Crippen LogP contribution in [0.5, 0.6) is 5.75 Å². The summed E-state index contributed by atoms with van der Waals surface area (Å²) in [6, 6.07) is 10.8. The second kappa shape index (κ2) is 7.34. The van der Waals surface area contributed by atoms with Crippen LogP contribution in [0.25, 0.3) is 0 Å². The summed E-state index contributed by atoms with van der Waals surface area (Å²) in [6.07, 6.45) is -5.96. The SMILES string of the molecule is CCS(=O)(=O)N1C[C@@H](C(=O)Nc2ccccc2C(F)(F)F)Oc2ccccc21. The number of amides is 1. The maximum Gasteiger partial charge on any atom is 0.418 e. The Morgan fingerprint density at radius 3 is 2.50 bits per heavy atom. The molecule has 2 aromatic carbocycles. The fourth-order valence-electron chi connectivity index (χ4n) is 2.81. The zero-order valence-electron chi connectivity index (χ0n) is 14.7. The summed E-state index contributed by atoms with van der Waals surface area (Å²) in [5.74, 6) is -0.912. The minimum Gasteiger partial charge on any atom is -0.476 e. The van der Waals surface area contributed by atoms with Crippen molar-refractivity contribution in [1.82, 2.24) is 0 Å². The maximum absolute atomic E-state index is 13.1. The molecule has 0 saturated heterocycles. The molecule has 0 aromatic heterocycles. The van der Waals surface area contributed by atoms with Gasteiger partial charge in [-0.1, -0.05) is 24.3 Å². The summed E-state index contributed by atoms with van der Waals surface area (Å²) in [6.45, 7) is 1.12. The van der Waals surface area contributed by atoms with Crippen LogP contribution in [-0.2, 0) is 21.0 Å². The Balaban J connectivity index is 1.90. The fourth-order valence-corrected chi connectivity index (χ4v) is 3.94. The van der Waals surface area contributed by atoms with Crippen LogP contribution in [0, 0.1) is 0 Å². The molecule has 1 heterocycles. The smallest absolute Gasteiger partial charge is 0.418 e. The number of halogens is 3. The molecule has 6 nitrogen and oxygen atoms in total. The highest BCUT2D eigenvalue weighted by Crippen LogP contribution is 2.37. The number of para-hydroxylation sites is 3. The third-order valence-electron chi connectivity index (χ3n) is 4.22. The number of carbonyl (C=O) groups is 1. The number of alkyl halides is 3. The van der Waals surface area contributed by atoms with Crippen molar-refractivity contribution in [2.75, 3.05) is 21.9 Å². The number of hydrogen-bond acceptors (Lipinski definition) is 4. The average molecular weight is 414 g/mol. The summed E-state index contributed by atoms with van der Waals surface area (Å²) in [7, 11) is -3.71. The Bertz CT molecular complexity index is 992. The zero-order valence-corrected chi connectivity index (χ0v) is 15.5. The molecule has 1 aliphatic heterocycles. The lowest BCUT2D eigenvalue weighted by atomic mass is 10.1. The van der Waals surface area contributed by atoms with E-state index < -0.39 is 39.5 Å². The van der Waals surface area contributed by atoms with Gasteiger partial charge in [0.25, 0.3) is 5.91 Å². The van der Waals surface area contributed by atoms with Crippen LogP contribution in [0.3, 0.4) is 0 Å². The molecule has 2 aromatic rings. The van der Waals surface area contributed by atoms with E-state index in [1.165, 1.54) is 31.2 Å². The van der Waals surface area contributed by atoms with Gasteiger partial charge in [-0.15, -0.1) is 0 Å². The lowest BCUT2D eigenvalue weighted by Crippen LogP contribution is -2.49. The number of sulfonamides is 1. The minimum absolute atomic E-state index is 0.162. The van der Waals surface area contributed by atoms with E-state index in [1.807, 2.05) is 0 Å². The van der Waals surface area contributed by atoms with Crippen LogP contribution in [0.15, 0.2) is 48.5 Å². The second-order valence-corrected chi connectivity index (χ2v) is 8.22. The standard InChI is InChI=1S/C18H17F3N2O4S/c1-2-28(25,26)23-11-16(27-15-10-6-5-9-14(15)23)17(24)22-13-8-4-3-7-12(13)18(19,20)21/h3-10,16H,2,11H2,1H3,(H,22,24)/t16-/m0/s1. The molecule has 10 heteroatoms. The van der Waals surface area contributed by atoms with E-state index in [9.17, 15) is 26.4 Å². The van der Waals surface area contributed by atoms with E-state index in [0.717, 1.165) is 16.4 Å². The van der Waals surface area contributed by atoms with E-state index in [-0.39, 0.29) is 23.7 Å². The van der Waals surface area contributed by atoms with Crippen LogP contribution in [0.4, 0.5) is 24.5 Å². The van der Waals surface area contributed by atoms with Crippen LogP contribution < -0.4 is 14.4 Å². The molecule has 28 heavy (non-hydrogen) atoms. The predicted molar refractivity (Wildman–Crippen MR) is 97.7 cm³/mol. The van der Waals surface area contributed by atoms with Gasteiger partial charge in [-0.2, -0.15) is 13.2 Å². The summed E-state index contributed by atoms with van der Waals surface area (Å²) in [5.41, 5.74) is -1.14. The highest BCUT2D eigenvalue weighted by molar-refractivity contribution is 7.92. The van der Waals surface area contributed by atoms with Gasteiger partial charge in [0.1, 0.15) is 5.75 Å². The Labute approximate surface area is 160 Å². The van der Waals surface area contributed by atoms with Gasteiger partial charge in [-0.05, 0) is 31.2 Å². The monoisotopic (exact) mass is 414 g/mol. The molecular weight excluding hydrogens is 397 g/mol. The molecule has 1 N–H and O–H groups in total. The minimum atomic E-state index is -4.65. The van der Waals surface area contributed by atoms with Crippen LogP contribution >= 0.6 is 0 Å². The molecule has 1 atom stereocenters. The topological polar surface area (TPSA) is 75.7 Å². The van der Waals surface area contributed by atoms with E-state index in [1.54, 1.807) is 12.1 Å². The number of fused-ring (bicyclic) bond motifs is 1.